The smallest absolute Gasteiger partial charge is 0.319 e. The van der Waals surface area contributed by atoms with Crippen LogP contribution in [0.5, 0.6) is 0 Å². The molecule has 0 bridgehead atoms. The number of urea groups is 1. The minimum absolute atomic E-state index is 0.206. The van der Waals surface area contributed by atoms with E-state index in [9.17, 15) is 4.79 Å². The second kappa shape index (κ2) is 7.92. The Morgan fingerprint density at radius 1 is 1.42 bits per heavy atom. The first-order chi connectivity index (χ1) is 11.7. The Bertz CT molecular complexity index is 659. The number of nitrogens with one attached hydrogen (secondary N) is 2. The van der Waals surface area contributed by atoms with Crippen LogP contribution in [0.3, 0.4) is 0 Å². The van der Waals surface area contributed by atoms with Crippen molar-refractivity contribution in [2.75, 3.05) is 25.0 Å². The number of amides is 2. The SMILES string of the molecule is CC1CCCCN1CCNC(=O)Nc1cccc(-c2nnco2)c1. The average Bonchev–Trinajstić information content (AvgIpc) is 3.11. The van der Waals surface area contributed by atoms with Crippen LogP contribution in [0.25, 0.3) is 11.5 Å². The second-order valence-electron chi connectivity index (χ2n) is 6.09. The van der Waals surface area contributed by atoms with Gasteiger partial charge in [-0.2, -0.15) is 0 Å². The van der Waals surface area contributed by atoms with E-state index in [-0.39, 0.29) is 6.03 Å². The fourth-order valence-electron chi connectivity index (χ4n) is 3.01. The van der Waals surface area contributed by atoms with Gasteiger partial charge in [-0.25, -0.2) is 4.79 Å². The molecular formula is C17H23N5O2. The van der Waals surface area contributed by atoms with E-state index in [4.69, 9.17) is 4.42 Å². The van der Waals surface area contributed by atoms with Gasteiger partial charge < -0.3 is 15.1 Å². The van der Waals surface area contributed by atoms with Crippen LogP contribution >= 0.6 is 0 Å². The maximum absolute atomic E-state index is 12.0. The van der Waals surface area contributed by atoms with Gasteiger partial charge in [-0.15, -0.1) is 10.2 Å². The largest absolute Gasteiger partial charge is 0.423 e. The van der Waals surface area contributed by atoms with Gasteiger partial charge in [-0.05, 0) is 44.5 Å². The third-order valence-electron chi connectivity index (χ3n) is 4.35. The molecule has 2 N–H and O–H groups in total. The normalized spacial score (nSPS) is 18.3. The Hall–Kier alpha value is -2.41. The Kier molecular flexibility index (Phi) is 5.43. The number of hydrogen-bond donors (Lipinski definition) is 2. The summed E-state index contributed by atoms with van der Waals surface area (Å²) in [5.74, 6) is 0.429. The number of nitrogens with zero attached hydrogens (tertiary/aromatic N) is 3. The molecule has 1 aromatic carbocycles. The lowest BCUT2D eigenvalue weighted by Gasteiger charge is -2.33. The Balaban J connectivity index is 1.47. The maximum Gasteiger partial charge on any atom is 0.319 e. The van der Waals surface area contributed by atoms with E-state index in [2.05, 4.69) is 32.7 Å². The molecule has 0 spiro atoms. The van der Waals surface area contributed by atoms with Gasteiger partial charge in [0.05, 0.1) is 0 Å². The number of rotatable bonds is 5. The van der Waals surface area contributed by atoms with Crippen molar-refractivity contribution in [3.05, 3.63) is 30.7 Å². The standard InChI is InChI=1S/C17H23N5O2/c1-13-5-2-3-9-22(13)10-8-18-17(23)20-15-7-4-6-14(11-15)16-21-19-12-24-16/h4,6-7,11-13H,2-3,5,8-10H2,1H3,(H2,18,20,23). The van der Waals surface area contributed by atoms with Gasteiger partial charge in [0.15, 0.2) is 0 Å². The molecule has 24 heavy (non-hydrogen) atoms. The molecule has 1 atom stereocenters. The Morgan fingerprint density at radius 2 is 2.33 bits per heavy atom. The summed E-state index contributed by atoms with van der Waals surface area (Å²) in [5, 5.41) is 13.3. The average molecular weight is 329 g/mol. The highest BCUT2D eigenvalue weighted by Gasteiger charge is 2.17. The molecule has 1 unspecified atom stereocenters. The number of carbonyl (C=O) groups excluding carboxylic acids is 1. The Labute approximate surface area is 141 Å². The number of hydrogen-bond acceptors (Lipinski definition) is 5. The van der Waals surface area contributed by atoms with E-state index in [1.165, 1.54) is 25.7 Å². The van der Waals surface area contributed by atoms with Crippen molar-refractivity contribution >= 4 is 11.7 Å². The van der Waals surface area contributed by atoms with Crippen LogP contribution in [-0.4, -0.2) is 46.8 Å². The van der Waals surface area contributed by atoms with Crippen LogP contribution in [0.1, 0.15) is 26.2 Å². The lowest BCUT2D eigenvalue weighted by Crippen LogP contribution is -2.43. The maximum atomic E-state index is 12.0. The van der Waals surface area contributed by atoms with E-state index in [1.807, 2.05) is 18.2 Å². The topological polar surface area (TPSA) is 83.3 Å². The molecule has 1 saturated heterocycles. The first-order valence-electron chi connectivity index (χ1n) is 8.38. The second-order valence-corrected chi connectivity index (χ2v) is 6.09. The summed E-state index contributed by atoms with van der Waals surface area (Å²) in [6, 6.07) is 7.72. The molecule has 2 heterocycles. The number of carbonyl (C=O) groups is 1. The highest BCUT2D eigenvalue weighted by atomic mass is 16.4. The van der Waals surface area contributed by atoms with Crippen molar-refractivity contribution in [1.29, 1.82) is 0 Å². The van der Waals surface area contributed by atoms with Gasteiger partial charge in [0.2, 0.25) is 12.3 Å². The Morgan fingerprint density at radius 3 is 3.12 bits per heavy atom. The number of piperidine rings is 1. The molecule has 1 aliphatic rings. The van der Waals surface area contributed by atoms with Crippen LogP contribution in [0.4, 0.5) is 10.5 Å². The molecule has 1 aliphatic heterocycles. The van der Waals surface area contributed by atoms with Crippen LogP contribution in [0, 0.1) is 0 Å². The minimum atomic E-state index is -0.206. The van der Waals surface area contributed by atoms with Crippen molar-refractivity contribution in [1.82, 2.24) is 20.4 Å². The molecule has 128 valence electrons. The predicted molar refractivity (Wildman–Crippen MR) is 91.6 cm³/mol. The fourth-order valence-corrected chi connectivity index (χ4v) is 3.01. The first kappa shape index (κ1) is 16.4. The summed E-state index contributed by atoms with van der Waals surface area (Å²) in [7, 11) is 0. The molecule has 3 rings (SSSR count). The summed E-state index contributed by atoms with van der Waals surface area (Å²) < 4.78 is 5.17. The highest BCUT2D eigenvalue weighted by Crippen LogP contribution is 2.20. The number of likely N-dealkylation sites (tertiary alicyclic amines) is 1. The molecule has 0 aliphatic carbocycles. The number of benzene rings is 1. The molecule has 7 heteroatoms. The minimum Gasteiger partial charge on any atom is -0.423 e. The summed E-state index contributed by atoms with van der Waals surface area (Å²) in [6.07, 6.45) is 5.08. The molecule has 2 amide bonds. The molecule has 0 saturated carbocycles. The molecule has 0 radical (unpaired) electrons. The quantitative estimate of drug-likeness (QED) is 0.881. The predicted octanol–water partition coefficient (Wildman–Crippen LogP) is 2.73. The van der Waals surface area contributed by atoms with Crippen LogP contribution in [-0.2, 0) is 0 Å². The zero-order chi connectivity index (χ0) is 16.8. The number of anilines is 1. The highest BCUT2D eigenvalue weighted by molar-refractivity contribution is 5.89. The van der Waals surface area contributed by atoms with Crippen molar-refractivity contribution < 1.29 is 9.21 Å². The third kappa shape index (κ3) is 4.32. The molecule has 7 nitrogen and oxygen atoms in total. The van der Waals surface area contributed by atoms with Crippen molar-refractivity contribution in [3.63, 3.8) is 0 Å². The summed E-state index contributed by atoms with van der Waals surface area (Å²) in [5.41, 5.74) is 1.46. The van der Waals surface area contributed by atoms with Gasteiger partial charge in [0.25, 0.3) is 0 Å². The van der Waals surface area contributed by atoms with Crippen LogP contribution in [0.15, 0.2) is 35.1 Å². The van der Waals surface area contributed by atoms with Gasteiger partial charge in [-0.3, -0.25) is 4.90 Å². The zero-order valence-corrected chi connectivity index (χ0v) is 13.9. The summed E-state index contributed by atoms with van der Waals surface area (Å²) >= 11 is 0. The molecular weight excluding hydrogens is 306 g/mol. The van der Waals surface area contributed by atoms with E-state index in [1.54, 1.807) is 6.07 Å². The van der Waals surface area contributed by atoms with Crippen LogP contribution in [0.2, 0.25) is 0 Å². The van der Waals surface area contributed by atoms with Crippen molar-refractivity contribution in [2.24, 2.45) is 0 Å². The zero-order valence-electron chi connectivity index (χ0n) is 13.9. The lowest BCUT2D eigenvalue weighted by atomic mass is 10.0. The van der Waals surface area contributed by atoms with Gasteiger partial charge >= 0.3 is 6.03 Å². The van der Waals surface area contributed by atoms with E-state index in [0.29, 0.717) is 24.2 Å². The van der Waals surface area contributed by atoms with E-state index < -0.39 is 0 Å². The summed E-state index contributed by atoms with van der Waals surface area (Å²) in [4.78, 5) is 14.5. The van der Waals surface area contributed by atoms with Gasteiger partial charge in [-0.1, -0.05) is 12.5 Å². The molecule has 1 fully saturated rings. The first-order valence-corrected chi connectivity index (χ1v) is 8.38. The van der Waals surface area contributed by atoms with Crippen molar-refractivity contribution in [3.8, 4) is 11.5 Å². The van der Waals surface area contributed by atoms with Crippen molar-refractivity contribution in [2.45, 2.75) is 32.2 Å². The van der Waals surface area contributed by atoms with E-state index in [0.717, 1.165) is 18.7 Å². The fraction of sp³-hybridized carbons (Fsp3) is 0.471. The molecule has 2 aromatic rings. The number of aromatic nitrogens is 2. The van der Waals surface area contributed by atoms with Crippen LogP contribution < -0.4 is 10.6 Å². The molecule has 1 aromatic heterocycles. The van der Waals surface area contributed by atoms with Gasteiger partial charge in [0, 0.05) is 30.4 Å². The summed E-state index contributed by atoms with van der Waals surface area (Å²) in [6.45, 7) is 4.90. The van der Waals surface area contributed by atoms with Gasteiger partial charge in [0.1, 0.15) is 0 Å². The third-order valence-corrected chi connectivity index (χ3v) is 4.35. The lowest BCUT2D eigenvalue weighted by molar-refractivity contribution is 0.162. The van der Waals surface area contributed by atoms with E-state index >= 15 is 0 Å². The monoisotopic (exact) mass is 329 g/mol.